The quantitative estimate of drug-likeness (QED) is 0.589. The van der Waals surface area contributed by atoms with Crippen molar-refractivity contribution in [3.63, 3.8) is 0 Å². The molecule has 1 atom stereocenters. The van der Waals surface area contributed by atoms with Gasteiger partial charge in [0.2, 0.25) is 21.9 Å². The molecule has 1 heterocycles. The minimum Gasteiger partial charge on any atom is -0.341 e. The summed E-state index contributed by atoms with van der Waals surface area (Å²) in [5.74, 6) is -3.62. The number of rotatable bonds is 5. The van der Waals surface area contributed by atoms with Gasteiger partial charge in [0.1, 0.15) is 11.9 Å². The van der Waals surface area contributed by atoms with Crippen molar-refractivity contribution >= 4 is 15.9 Å². The first kappa shape index (κ1) is 24.7. The molecule has 1 aliphatic heterocycles. The van der Waals surface area contributed by atoms with E-state index in [1.54, 1.807) is 32.2 Å². The summed E-state index contributed by atoms with van der Waals surface area (Å²) in [4.78, 5) is 14.7. The van der Waals surface area contributed by atoms with E-state index in [2.05, 4.69) is 0 Å². The molecule has 5 nitrogen and oxygen atoms in total. The zero-order chi connectivity index (χ0) is 24.7. The van der Waals surface area contributed by atoms with Crippen LogP contribution in [0.2, 0.25) is 0 Å². The lowest BCUT2D eigenvalue weighted by Crippen LogP contribution is -2.50. The maximum Gasteiger partial charge on any atom is 0.248 e. The van der Waals surface area contributed by atoms with Gasteiger partial charge in [0.25, 0.3) is 0 Å². The maximum atomic E-state index is 14.6. The van der Waals surface area contributed by atoms with E-state index in [1.165, 1.54) is 33.5 Å². The van der Waals surface area contributed by atoms with E-state index in [9.17, 15) is 26.4 Å². The molecular formula is C25H29F3N2O3S. The summed E-state index contributed by atoms with van der Waals surface area (Å²) in [6.07, 6.45) is 0.669. The zero-order valence-electron chi connectivity index (χ0n) is 19.3. The van der Waals surface area contributed by atoms with Gasteiger partial charge in [-0.15, -0.1) is 0 Å². The van der Waals surface area contributed by atoms with Gasteiger partial charge in [0.15, 0.2) is 0 Å². The topological polar surface area (TPSA) is 57.7 Å². The van der Waals surface area contributed by atoms with Crippen LogP contribution in [0.1, 0.15) is 44.1 Å². The Labute approximate surface area is 198 Å². The Morgan fingerprint density at radius 2 is 1.74 bits per heavy atom. The van der Waals surface area contributed by atoms with Crippen molar-refractivity contribution in [2.75, 3.05) is 13.6 Å². The van der Waals surface area contributed by atoms with Crippen molar-refractivity contribution in [1.29, 1.82) is 0 Å². The Morgan fingerprint density at radius 3 is 2.41 bits per heavy atom. The van der Waals surface area contributed by atoms with E-state index in [1.807, 2.05) is 0 Å². The van der Waals surface area contributed by atoms with Crippen molar-refractivity contribution in [3.05, 3.63) is 53.8 Å². The summed E-state index contributed by atoms with van der Waals surface area (Å²) in [5.41, 5.74) is 1.20. The van der Waals surface area contributed by atoms with Crippen molar-refractivity contribution in [2.45, 2.75) is 68.4 Å². The first-order valence-electron chi connectivity index (χ1n) is 11.5. The number of likely N-dealkylation sites (N-methyl/N-ethyl adjacent to an activating group) is 1. The molecule has 0 unspecified atom stereocenters. The first-order chi connectivity index (χ1) is 16.0. The molecule has 184 valence electrons. The van der Waals surface area contributed by atoms with E-state index in [0.29, 0.717) is 12.8 Å². The molecule has 1 aliphatic carbocycles. The number of amides is 1. The second-order valence-corrected chi connectivity index (χ2v) is 11.1. The smallest absolute Gasteiger partial charge is 0.248 e. The second-order valence-electron chi connectivity index (χ2n) is 9.29. The molecule has 0 aromatic heterocycles. The highest BCUT2D eigenvalue weighted by molar-refractivity contribution is 7.89. The van der Waals surface area contributed by atoms with Gasteiger partial charge < -0.3 is 4.90 Å². The van der Waals surface area contributed by atoms with Crippen LogP contribution in [0.25, 0.3) is 11.1 Å². The minimum atomic E-state index is -4.13. The van der Waals surface area contributed by atoms with E-state index in [-0.39, 0.29) is 60.2 Å². The highest BCUT2D eigenvalue weighted by Crippen LogP contribution is 2.37. The SMILES string of the molecule is Cc1ccc(S(=O)(=O)N2CCC[C@H]2C(=O)N(C)C2CCC(F)(F)CC2)c(-c2ccccc2F)c1. The van der Waals surface area contributed by atoms with Crippen LogP contribution in [-0.2, 0) is 14.8 Å². The Balaban J connectivity index is 1.64. The average molecular weight is 495 g/mol. The zero-order valence-corrected chi connectivity index (χ0v) is 20.1. The third-order valence-corrected chi connectivity index (χ3v) is 8.92. The van der Waals surface area contributed by atoms with Gasteiger partial charge >= 0.3 is 0 Å². The molecule has 0 N–H and O–H groups in total. The van der Waals surface area contributed by atoms with Crippen molar-refractivity contribution in [3.8, 4) is 11.1 Å². The van der Waals surface area contributed by atoms with Gasteiger partial charge in [-0.2, -0.15) is 4.31 Å². The lowest BCUT2D eigenvalue weighted by atomic mass is 9.91. The van der Waals surface area contributed by atoms with Gasteiger partial charge in [-0.25, -0.2) is 21.6 Å². The predicted molar refractivity (Wildman–Crippen MR) is 123 cm³/mol. The molecule has 1 saturated heterocycles. The molecule has 2 aromatic carbocycles. The van der Waals surface area contributed by atoms with Gasteiger partial charge in [-0.1, -0.05) is 29.8 Å². The van der Waals surface area contributed by atoms with Crippen LogP contribution in [0.4, 0.5) is 13.2 Å². The number of alkyl halides is 2. The van der Waals surface area contributed by atoms with Crippen LogP contribution < -0.4 is 0 Å². The molecule has 0 spiro atoms. The summed E-state index contributed by atoms with van der Waals surface area (Å²) in [7, 11) is -2.56. The molecular weight excluding hydrogens is 465 g/mol. The van der Waals surface area contributed by atoms with E-state index in [0.717, 1.165) is 5.56 Å². The molecule has 2 fully saturated rings. The summed E-state index contributed by atoms with van der Waals surface area (Å²) >= 11 is 0. The van der Waals surface area contributed by atoms with Crippen LogP contribution >= 0.6 is 0 Å². The molecule has 4 rings (SSSR count). The number of hydrogen-bond acceptors (Lipinski definition) is 3. The highest BCUT2D eigenvalue weighted by Gasteiger charge is 2.44. The summed E-state index contributed by atoms with van der Waals surface area (Å²) in [5, 5.41) is 0. The maximum absolute atomic E-state index is 14.6. The van der Waals surface area contributed by atoms with Gasteiger partial charge in [0, 0.05) is 43.6 Å². The monoisotopic (exact) mass is 494 g/mol. The number of sulfonamides is 1. The third-order valence-electron chi connectivity index (χ3n) is 6.96. The Bertz CT molecular complexity index is 1180. The van der Waals surface area contributed by atoms with Gasteiger partial charge in [-0.05, 0) is 50.8 Å². The molecule has 0 bridgehead atoms. The Hall–Kier alpha value is -2.39. The van der Waals surface area contributed by atoms with Crippen LogP contribution in [-0.4, -0.2) is 55.1 Å². The number of halogens is 3. The normalized spacial score (nSPS) is 21.5. The van der Waals surface area contributed by atoms with E-state index >= 15 is 0 Å². The second kappa shape index (κ2) is 9.34. The van der Waals surface area contributed by atoms with Crippen molar-refractivity contribution < 1.29 is 26.4 Å². The van der Waals surface area contributed by atoms with Crippen molar-refractivity contribution in [2.24, 2.45) is 0 Å². The fraction of sp³-hybridized carbons (Fsp3) is 0.480. The van der Waals surface area contributed by atoms with Crippen molar-refractivity contribution in [1.82, 2.24) is 9.21 Å². The number of hydrogen-bond donors (Lipinski definition) is 0. The fourth-order valence-electron chi connectivity index (χ4n) is 4.99. The number of aryl methyl sites for hydroxylation is 1. The molecule has 0 radical (unpaired) electrons. The van der Waals surface area contributed by atoms with Crippen LogP contribution in [0.15, 0.2) is 47.4 Å². The summed E-state index contributed by atoms with van der Waals surface area (Å²) in [6, 6.07) is 9.47. The predicted octanol–water partition coefficient (Wildman–Crippen LogP) is 4.99. The van der Waals surface area contributed by atoms with E-state index in [4.69, 9.17) is 0 Å². The fourth-order valence-corrected chi connectivity index (χ4v) is 6.83. The first-order valence-corrected chi connectivity index (χ1v) is 13.0. The number of nitrogens with zero attached hydrogens (tertiary/aromatic N) is 2. The molecule has 34 heavy (non-hydrogen) atoms. The number of carbonyl (C=O) groups excluding carboxylic acids is 1. The number of carbonyl (C=O) groups is 1. The Morgan fingerprint density at radius 1 is 1.06 bits per heavy atom. The largest absolute Gasteiger partial charge is 0.341 e. The average Bonchev–Trinajstić information content (AvgIpc) is 3.29. The van der Waals surface area contributed by atoms with Crippen LogP contribution in [0.3, 0.4) is 0 Å². The molecule has 2 aromatic rings. The van der Waals surface area contributed by atoms with Crippen LogP contribution in [0, 0.1) is 12.7 Å². The molecule has 9 heteroatoms. The molecule has 2 aliphatic rings. The summed E-state index contributed by atoms with van der Waals surface area (Å²) < 4.78 is 70.5. The standard InChI is InChI=1S/C25H29F3N2O3S/c1-17-9-10-23(20(16-17)19-6-3-4-7-21(19)26)34(32,33)30-15-5-8-22(30)24(31)29(2)18-11-13-25(27,28)14-12-18/h3-4,6-7,9-10,16,18,22H,5,8,11-15H2,1-2H3/t22-/m0/s1. The van der Waals surface area contributed by atoms with E-state index < -0.39 is 27.8 Å². The minimum absolute atomic E-state index is 0.0529. The van der Waals surface area contributed by atoms with Crippen LogP contribution in [0.5, 0.6) is 0 Å². The number of benzene rings is 2. The van der Waals surface area contributed by atoms with Gasteiger partial charge in [0.05, 0.1) is 4.90 Å². The lowest BCUT2D eigenvalue weighted by Gasteiger charge is -2.37. The highest BCUT2D eigenvalue weighted by atomic mass is 32.2. The Kier molecular flexibility index (Phi) is 6.79. The summed E-state index contributed by atoms with van der Waals surface area (Å²) in [6.45, 7) is 1.96. The lowest BCUT2D eigenvalue weighted by molar-refractivity contribution is -0.138. The molecule has 1 saturated carbocycles. The molecule has 1 amide bonds. The third kappa shape index (κ3) is 4.73. The van der Waals surface area contributed by atoms with Gasteiger partial charge in [-0.3, -0.25) is 4.79 Å².